The number of aromatic carboxylic acids is 1. The smallest absolute Gasteiger partial charge is 0.335 e. The average molecular weight is 214 g/mol. The van der Waals surface area contributed by atoms with E-state index in [1.54, 1.807) is 12.1 Å². The van der Waals surface area contributed by atoms with Crippen molar-refractivity contribution in [1.29, 1.82) is 0 Å². The average Bonchev–Trinajstić information content (AvgIpc) is 2.27. The van der Waals surface area contributed by atoms with Gasteiger partial charge in [0.1, 0.15) is 0 Å². The fraction of sp³-hybridized carbons (Fsp3) is 0.214. The van der Waals surface area contributed by atoms with Gasteiger partial charge in [0.2, 0.25) is 0 Å². The van der Waals surface area contributed by atoms with Gasteiger partial charge in [0.25, 0.3) is 0 Å². The summed E-state index contributed by atoms with van der Waals surface area (Å²) in [6.07, 6.45) is 0. The number of carboxylic acid groups (broad SMARTS) is 1. The van der Waals surface area contributed by atoms with Crippen LogP contribution in [0.15, 0.2) is 36.4 Å². The molecule has 0 aromatic heterocycles. The zero-order valence-electron chi connectivity index (χ0n) is 9.40. The molecular formula is C14H14O2. The number of rotatable bonds is 2. The molecular weight excluding hydrogens is 200 g/mol. The van der Waals surface area contributed by atoms with E-state index >= 15 is 0 Å². The summed E-state index contributed by atoms with van der Waals surface area (Å²) in [4.78, 5) is 10.8. The molecule has 0 spiro atoms. The highest BCUT2D eigenvalue weighted by Crippen LogP contribution is 2.22. The molecule has 0 atom stereocenters. The van der Waals surface area contributed by atoms with E-state index in [1.807, 2.05) is 12.1 Å². The van der Waals surface area contributed by atoms with Crippen LogP contribution in [0.2, 0.25) is 0 Å². The first-order valence-electron chi connectivity index (χ1n) is 5.35. The molecule has 2 aromatic carbocycles. The van der Waals surface area contributed by atoms with Crippen molar-refractivity contribution < 1.29 is 9.90 Å². The lowest BCUT2D eigenvalue weighted by molar-refractivity contribution is 0.0697. The summed E-state index contributed by atoms with van der Waals surface area (Å²) >= 11 is 0. The third-order valence-electron chi connectivity index (χ3n) is 2.78. The fourth-order valence-corrected chi connectivity index (χ4v) is 1.76. The Morgan fingerprint density at radius 3 is 2.31 bits per heavy atom. The minimum atomic E-state index is -0.880. The summed E-state index contributed by atoms with van der Waals surface area (Å²) in [7, 11) is 0. The predicted molar refractivity (Wildman–Crippen MR) is 65.0 cm³/mol. The zero-order valence-corrected chi connectivity index (χ0v) is 9.40. The largest absolute Gasteiger partial charge is 0.478 e. The van der Waals surface area contributed by atoms with E-state index in [-0.39, 0.29) is 0 Å². The van der Waals surface area contributed by atoms with Crippen LogP contribution in [0.25, 0.3) is 10.8 Å². The third-order valence-corrected chi connectivity index (χ3v) is 2.78. The Kier molecular flexibility index (Phi) is 2.65. The second kappa shape index (κ2) is 3.97. The normalized spacial score (nSPS) is 10.9. The molecule has 0 aliphatic rings. The van der Waals surface area contributed by atoms with Crippen LogP contribution in [0.3, 0.4) is 0 Å². The Hall–Kier alpha value is -1.83. The van der Waals surface area contributed by atoms with Gasteiger partial charge in [-0.05, 0) is 34.4 Å². The molecule has 0 heterocycles. The van der Waals surface area contributed by atoms with E-state index in [0.717, 1.165) is 10.8 Å². The molecule has 0 radical (unpaired) electrons. The second-order valence-electron chi connectivity index (χ2n) is 4.28. The molecule has 16 heavy (non-hydrogen) atoms. The number of carboxylic acids is 1. The van der Waals surface area contributed by atoms with Crippen molar-refractivity contribution in [2.45, 2.75) is 19.8 Å². The molecule has 0 amide bonds. The lowest BCUT2D eigenvalue weighted by Gasteiger charge is -2.07. The minimum Gasteiger partial charge on any atom is -0.478 e. The first-order valence-corrected chi connectivity index (χ1v) is 5.35. The van der Waals surface area contributed by atoms with Gasteiger partial charge in [-0.3, -0.25) is 0 Å². The SMILES string of the molecule is CC(C)c1ccc2cc(C(=O)O)ccc2c1. The second-order valence-corrected chi connectivity index (χ2v) is 4.28. The first-order chi connectivity index (χ1) is 7.58. The van der Waals surface area contributed by atoms with Gasteiger partial charge in [-0.1, -0.05) is 38.1 Å². The monoisotopic (exact) mass is 214 g/mol. The van der Waals surface area contributed by atoms with Gasteiger partial charge in [0.15, 0.2) is 0 Å². The highest BCUT2D eigenvalue weighted by Gasteiger charge is 2.05. The lowest BCUT2D eigenvalue weighted by atomic mass is 9.98. The predicted octanol–water partition coefficient (Wildman–Crippen LogP) is 3.66. The molecule has 0 aliphatic heterocycles. The zero-order chi connectivity index (χ0) is 11.7. The van der Waals surface area contributed by atoms with Gasteiger partial charge in [-0.2, -0.15) is 0 Å². The number of fused-ring (bicyclic) bond motifs is 1. The molecule has 0 unspecified atom stereocenters. The van der Waals surface area contributed by atoms with Gasteiger partial charge in [-0.15, -0.1) is 0 Å². The van der Waals surface area contributed by atoms with Gasteiger partial charge >= 0.3 is 5.97 Å². The van der Waals surface area contributed by atoms with Crippen LogP contribution in [0.4, 0.5) is 0 Å². The summed E-state index contributed by atoms with van der Waals surface area (Å²) in [5.41, 5.74) is 1.61. The Labute approximate surface area is 94.5 Å². The van der Waals surface area contributed by atoms with Crippen molar-refractivity contribution in [2.24, 2.45) is 0 Å². The summed E-state index contributed by atoms with van der Waals surface area (Å²) in [6, 6.07) is 11.4. The van der Waals surface area contributed by atoms with Crippen LogP contribution in [0.1, 0.15) is 35.7 Å². The standard InChI is InChI=1S/C14H14O2/c1-9(2)10-3-4-12-8-13(14(15)16)6-5-11(12)7-10/h3-9H,1-2H3,(H,15,16). The molecule has 2 nitrogen and oxygen atoms in total. The van der Waals surface area contributed by atoms with Crippen LogP contribution in [-0.4, -0.2) is 11.1 Å². The van der Waals surface area contributed by atoms with E-state index in [1.165, 1.54) is 5.56 Å². The van der Waals surface area contributed by atoms with Gasteiger partial charge < -0.3 is 5.11 Å². The molecule has 0 bridgehead atoms. The Morgan fingerprint density at radius 1 is 1.06 bits per heavy atom. The van der Waals surface area contributed by atoms with Crippen molar-refractivity contribution in [1.82, 2.24) is 0 Å². The van der Waals surface area contributed by atoms with Crippen LogP contribution in [-0.2, 0) is 0 Å². The summed E-state index contributed by atoms with van der Waals surface area (Å²) in [5.74, 6) is -0.390. The van der Waals surface area contributed by atoms with Crippen molar-refractivity contribution in [2.75, 3.05) is 0 Å². The van der Waals surface area contributed by atoms with Crippen molar-refractivity contribution in [3.05, 3.63) is 47.5 Å². The quantitative estimate of drug-likeness (QED) is 0.828. The number of carbonyl (C=O) groups is 1. The Morgan fingerprint density at radius 2 is 1.69 bits per heavy atom. The highest BCUT2D eigenvalue weighted by atomic mass is 16.4. The maximum Gasteiger partial charge on any atom is 0.335 e. The van der Waals surface area contributed by atoms with Crippen LogP contribution < -0.4 is 0 Å². The van der Waals surface area contributed by atoms with E-state index < -0.39 is 5.97 Å². The maximum absolute atomic E-state index is 10.8. The molecule has 2 aromatic rings. The van der Waals surface area contributed by atoms with E-state index in [0.29, 0.717) is 11.5 Å². The van der Waals surface area contributed by atoms with E-state index in [4.69, 9.17) is 5.11 Å². The summed E-state index contributed by atoms with van der Waals surface area (Å²) in [5, 5.41) is 11.0. The van der Waals surface area contributed by atoms with Gasteiger partial charge in [0, 0.05) is 0 Å². The van der Waals surface area contributed by atoms with Crippen molar-refractivity contribution in [3.8, 4) is 0 Å². The molecule has 1 N–H and O–H groups in total. The van der Waals surface area contributed by atoms with Crippen molar-refractivity contribution in [3.63, 3.8) is 0 Å². The van der Waals surface area contributed by atoms with Crippen LogP contribution in [0.5, 0.6) is 0 Å². The maximum atomic E-state index is 10.8. The van der Waals surface area contributed by atoms with Crippen LogP contribution in [0, 0.1) is 0 Å². The number of hydrogen-bond acceptors (Lipinski definition) is 1. The van der Waals surface area contributed by atoms with E-state index in [9.17, 15) is 4.79 Å². The topological polar surface area (TPSA) is 37.3 Å². The Bertz CT molecular complexity index is 541. The lowest BCUT2D eigenvalue weighted by Crippen LogP contribution is -1.95. The van der Waals surface area contributed by atoms with Crippen molar-refractivity contribution >= 4 is 16.7 Å². The molecule has 0 aliphatic carbocycles. The third kappa shape index (κ3) is 1.91. The highest BCUT2D eigenvalue weighted by molar-refractivity contribution is 5.94. The van der Waals surface area contributed by atoms with Gasteiger partial charge in [0.05, 0.1) is 5.56 Å². The molecule has 2 heteroatoms. The number of benzene rings is 2. The van der Waals surface area contributed by atoms with Crippen LogP contribution >= 0.6 is 0 Å². The number of hydrogen-bond donors (Lipinski definition) is 1. The molecule has 82 valence electrons. The first kappa shape index (κ1) is 10.7. The Balaban J connectivity index is 2.57. The molecule has 0 saturated carbocycles. The fourth-order valence-electron chi connectivity index (χ4n) is 1.76. The summed E-state index contributed by atoms with van der Waals surface area (Å²) in [6.45, 7) is 4.29. The molecule has 0 saturated heterocycles. The van der Waals surface area contributed by atoms with E-state index in [2.05, 4.69) is 26.0 Å². The summed E-state index contributed by atoms with van der Waals surface area (Å²) < 4.78 is 0. The molecule has 2 rings (SSSR count). The minimum absolute atomic E-state index is 0.338. The van der Waals surface area contributed by atoms with Gasteiger partial charge in [-0.25, -0.2) is 4.79 Å². The molecule has 0 fully saturated rings.